The van der Waals surface area contributed by atoms with Crippen LogP contribution in [0.3, 0.4) is 0 Å². The minimum atomic E-state index is -0.371. The maximum Gasteiger partial charge on any atom is 0.0959 e. The average Bonchev–Trinajstić information content (AvgIpc) is 2.75. The van der Waals surface area contributed by atoms with Crippen molar-refractivity contribution in [2.75, 3.05) is 0 Å². The van der Waals surface area contributed by atoms with E-state index in [2.05, 4.69) is 25.9 Å². The van der Waals surface area contributed by atoms with Gasteiger partial charge in [-0.3, -0.25) is 4.68 Å². The minimum Gasteiger partial charge on any atom is -0.387 e. The largest absolute Gasteiger partial charge is 0.387 e. The van der Waals surface area contributed by atoms with Crippen LogP contribution in [0.5, 0.6) is 0 Å². The van der Waals surface area contributed by atoms with Crippen molar-refractivity contribution in [1.29, 1.82) is 0 Å². The lowest BCUT2D eigenvalue weighted by Gasteiger charge is -2.18. The number of hydrogen-bond acceptors (Lipinski definition) is 2. The van der Waals surface area contributed by atoms with E-state index < -0.39 is 0 Å². The predicted octanol–water partition coefficient (Wildman–Crippen LogP) is 3.62. The molecule has 1 heterocycles. The van der Waals surface area contributed by atoms with Crippen LogP contribution in [0.4, 0.5) is 0 Å². The van der Waals surface area contributed by atoms with E-state index in [0.717, 1.165) is 30.7 Å². The van der Waals surface area contributed by atoms with Gasteiger partial charge >= 0.3 is 0 Å². The van der Waals surface area contributed by atoms with E-state index in [0.29, 0.717) is 5.92 Å². The van der Waals surface area contributed by atoms with Crippen LogP contribution in [-0.4, -0.2) is 14.9 Å². The van der Waals surface area contributed by atoms with Crippen molar-refractivity contribution in [3.63, 3.8) is 0 Å². The molecular weight excluding hydrogens is 224 g/mol. The second kappa shape index (κ2) is 7.57. The van der Waals surface area contributed by atoms with Crippen LogP contribution in [0.25, 0.3) is 0 Å². The topological polar surface area (TPSA) is 38.1 Å². The van der Waals surface area contributed by atoms with Crippen molar-refractivity contribution in [2.45, 2.75) is 65.4 Å². The number of unbranched alkanes of at least 4 members (excludes halogenated alkanes) is 1. The van der Waals surface area contributed by atoms with Crippen LogP contribution in [0.2, 0.25) is 0 Å². The summed E-state index contributed by atoms with van der Waals surface area (Å²) in [5.74, 6) is 0.625. The minimum absolute atomic E-state index is 0.371. The summed E-state index contributed by atoms with van der Waals surface area (Å²) in [6.07, 6.45) is 6.28. The Bertz CT molecular complexity index is 346. The fraction of sp³-hybridized carbons (Fsp3) is 0.800. The molecule has 1 N–H and O–H groups in total. The van der Waals surface area contributed by atoms with E-state index in [-0.39, 0.29) is 6.10 Å². The molecule has 18 heavy (non-hydrogen) atoms. The standard InChI is InChI=1S/C15H28N2O/c1-5-8-9-12(6-2)10-15(18)14-11-13(7-3)16-17(14)4/h11-12,15,18H,5-10H2,1-4H3. The van der Waals surface area contributed by atoms with Crippen molar-refractivity contribution in [1.82, 2.24) is 9.78 Å². The maximum absolute atomic E-state index is 10.4. The van der Waals surface area contributed by atoms with Gasteiger partial charge in [-0.2, -0.15) is 5.10 Å². The monoisotopic (exact) mass is 252 g/mol. The summed E-state index contributed by atoms with van der Waals surface area (Å²) >= 11 is 0. The third-order valence-corrected chi connectivity index (χ3v) is 3.77. The van der Waals surface area contributed by atoms with Gasteiger partial charge in [-0.15, -0.1) is 0 Å². The number of hydrogen-bond donors (Lipinski definition) is 1. The molecule has 3 heteroatoms. The zero-order valence-corrected chi connectivity index (χ0v) is 12.3. The highest BCUT2D eigenvalue weighted by Crippen LogP contribution is 2.26. The number of aryl methyl sites for hydroxylation is 2. The lowest BCUT2D eigenvalue weighted by atomic mass is 9.92. The molecule has 0 radical (unpaired) electrons. The molecule has 0 saturated carbocycles. The van der Waals surface area contributed by atoms with Gasteiger partial charge in [0.25, 0.3) is 0 Å². The van der Waals surface area contributed by atoms with Crippen LogP contribution in [0, 0.1) is 5.92 Å². The molecule has 2 atom stereocenters. The molecule has 0 spiro atoms. The Morgan fingerprint density at radius 3 is 2.56 bits per heavy atom. The van der Waals surface area contributed by atoms with Crippen LogP contribution >= 0.6 is 0 Å². The van der Waals surface area contributed by atoms with Gasteiger partial charge < -0.3 is 5.11 Å². The molecule has 2 unspecified atom stereocenters. The Morgan fingerprint density at radius 1 is 1.33 bits per heavy atom. The van der Waals surface area contributed by atoms with Gasteiger partial charge in [-0.05, 0) is 24.8 Å². The van der Waals surface area contributed by atoms with Gasteiger partial charge in [0.15, 0.2) is 0 Å². The maximum atomic E-state index is 10.4. The van der Waals surface area contributed by atoms with E-state index in [1.807, 2.05) is 17.8 Å². The average molecular weight is 252 g/mol. The lowest BCUT2D eigenvalue weighted by Crippen LogP contribution is -2.10. The summed E-state index contributed by atoms with van der Waals surface area (Å²) in [7, 11) is 1.92. The molecule has 3 nitrogen and oxygen atoms in total. The lowest BCUT2D eigenvalue weighted by molar-refractivity contribution is 0.131. The Labute approximate surface area is 111 Å². The molecule has 1 rings (SSSR count). The number of aliphatic hydroxyl groups excluding tert-OH is 1. The van der Waals surface area contributed by atoms with E-state index in [1.165, 1.54) is 19.3 Å². The smallest absolute Gasteiger partial charge is 0.0959 e. The molecule has 1 aromatic heterocycles. The highest BCUT2D eigenvalue weighted by atomic mass is 16.3. The van der Waals surface area contributed by atoms with Crippen LogP contribution in [-0.2, 0) is 13.5 Å². The summed E-state index contributed by atoms with van der Waals surface area (Å²) in [5.41, 5.74) is 2.02. The summed E-state index contributed by atoms with van der Waals surface area (Å²) in [5, 5.41) is 14.8. The number of aliphatic hydroxyl groups is 1. The Balaban J connectivity index is 2.61. The first-order chi connectivity index (χ1) is 8.62. The van der Waals surface area contributed by atoms with E-state index in [4.69, 9.17) is 0 Å². The van der Waals surface area contributed by atoms with Gasteiger partial charge in [0.1, 0.15) is 0 Å². The molecular formula is C15H28N2O. The summed E-state index contributed by atoms with van der Waals surface area (Å²) in [6.45, 7) is 6.53. The first-order valence-electron chi connectivity index (χ1n) is 7.33. The highest BCUT2D eigenvalue weighted by Gasteiger charge is 2.18. The van der Waals surface area contributed by atoms with Crippen molar-refractivity contribution >= 4 is 0 Å². The van der Waals surface area contributed by atoms with Crippen molar-refractivity contribution in [3.8, 4) is 0 Å². The third kappa shape index (κ3) is 4.13. The second-order valence-electron chi connectivity index (χ2n) is 5.21. The first kappa shape index (κ1) is 15.2. The van der Waals surface area contributed by atoms with Crippen molar-refractivity contribution < 1.29 is 5.11 Å². The molecule has 0 aromatic carbocycles. The highest BCUT2D eigenvalue weighted by molar-refractivity contribution is 5.12. The molecule has 104 valence electrons. The predicted molar refractivity (Wildman–Crippen MR) is 75.5 cm³/mol. The molecule has 1 aromatic rings. The Hall–Kier alpha value is -0.830. The number of rotatable bonds is 8. The van der Waals surface area contributed by atoms with Crippen LogP contribution in [0.1, 0.15) is 70.4 Å². The number of aromatic nitrogens is 2. The normalized spacial score (nSPS) is 14.7. The van der Waals surface area contributed by atoms with E-state index in [9.17, 15) is 5.11 Å². The molecule has 0 fully saturated rings. The zero-order chi connectivity index (χ0) is 13.5. The number of nitrogens with zero attached hydrogens (tertiary/aromatic N) is 2. The second-order valence-corrected chi connectivity index (χ2v) is 5.21. The summed E-state index contributed by atoms with van der Waals surface area (Å²) in [4.78, 5) is 0. The van der Waals surface area contributed by atoms with Crippen LogP contribution < -0.4 is 0 Å². The van der Waals surface area contributed by atoms with Gasteiger partial charge in [0, 0.05) is 7.05 Å². The van der Waals surface area contributed by atoms with E-state index >= 15 is 0 Å². The van der Waals surface area contributed by atoms with Gasteiger partial charge in [-0.1, -0.05) is 46.5 Å². The zero-order valence-electron chi connectivity index (χ0n) is 12.3. The van der Waals surface area contributed by atoms with Gasteiger partial charge in [0.05, 0.1) is 17.5 Å². The Kier molecular flexibility index (Phi) is 6.41. The fourth-order valence-corrected chi connectivity index (χ4v) is 2.45. The van der Waals surface area contributed by atoms with Crippen molar-refractivity contribution in [2.24, 2.45) is 13.0 Å². The van der Waals surface area contributed by atoms with E-state index in [1.54, 1.807) is 0 Å². The molecule has 0 aliphatic carbocycles. The van der Waals surface area contributed by atoms with Crippen molar-refractivity contribution in [3.05, 3.63) is 17.5 Å². The first-order valence-corrected chi connectivity index (χ1v) is 7.33. The fourth-order valence-electron chi connectivity index (χ4n) is 2.45. The summed E-state index contributed by atoms with van der Waals surface area (Å²) < 4.78 is 1.83. The molecule has 0 amide bonds. The molecule has 0 aliphatic rings. The van der Waals surface area contributed by atoms with Gasteiger partial charge in [-0.25, -0.2) is 0 Å². The van der Waals surface area contributed by atoms with Crippen LogP contribution in [0.15, 0.2) is 6.07 Å². The molecule has 0 aliphatic heterocycles. The Morgan fingerprint density at radius 2 is 2.06 bits per heavy atom. The summed E-state index contributed by atoms with van der Waals surface area (Å²) in [6, 6.07) is 2.04. The molecule has 0 bridgehead atoms. The molecule has 0 saturated heterocycles. The SMILES string of the molecule is CCCCC(CC)CC(O)c1cc(CC)nn1C. The third-order valence-electron chi connectivity index (χ3n) is 3.77. The van der Waals surface area contributed by atoms with Gasteiger partial charge in [0.2, 0.25) is 0 Å². The quantitative estimate of drug-likeness (QED) is 0.767.